The Balaban J connectivity index is 3.23. The third-order valence-electron chi connectivity index (χ3n) is 1.69. The molecular formula is C9H9BrO3. The number of carbonyl (C=O) groups excluding carboxylic acids is 1. The first-order valence-corrected chi connectivity index (χ1v) is 4.44. The first-order chi connectivity index (χ1) is 6.20. The van der Waals surface area contributed by atoms with Crippen molar-refractivity contribution in [2.75, 3.05) is 7.11 Å². The highest BCUT2D eigenvalue weighted by molar-refractivity contribution is 9.10. The molecule has 0 spiro atoms. The maximum atomic E-state index is 10.6. The predicted molar refractivity (Wildman–Crippen MR) is 51.9 cm³/mol. The van der Waals surface area contributed by atoms with Gasteiger partial charge >= 0.3 is 0 Å². The molecular weight excluding hydrogens is 236 g/mol. The van der Waals surface area contributed by atoms with Crippen LogP contribution < -0.4 is 0 Å². The van der Waals surface area contributed by atoms with E-state index >= 15 is 0 Å². The van der Waals surface area contributed by atoms with Crippen LogP contribution >= 0.6 is 15.9 Å². The number of phenols is 1. The molecule has 0 saturated carbocycles. The highest BCUT2D eigenvalue weighted by Gasteiger charge is 2.09. The molecule has 13 heavy (non-hydrogen) atoms. The Labute approximate surface area is 84.5 Å². The molecule has 0 atom stereocenters. The third kappa shape index (κ3) is 2.08. The number of halogens is 1. The van der Waals surface area contributed by atoms with Crippen molar-refractivity contribution in [2.45, 2.75) is 6.61 Å². The Kier molecular flexibility index (Phi) is 3.45. The van der Waals surface area contributed by atoms with Crippen molar-refractivity contribution < 1.29 is 14.6 Å². The fourth-order valence-electron chi connectivity index (χ4n) is 1.03. The average molecular weight is 245 g/mol. The van der Waals surface area contributed by atoms with Crippen LogP contribution in [0.1, 0.15) is 15.9 Å². The van der Waals surface area contributed by atoms with Gasteiger partial charge in [-0.25, -0.2) is 0 Å². The second-order valence-corrected chi connectivity index (χ2v) is 3.37. The summed E-state index contributed by atoms with van der Waals surface area (Å²) >= 11 is 3.16. The zero-order valence-electron chi connectivity index (χ0n) is 7.08. The van der Waals surface area contributed by atoms with Crippen LogP contribution in [0.4, 0.5) is 0 Å². The van der Waals surface area contributed by atoms with Gasteiger partial charge in [0, 0.05) is 18.2 Å². The molecule has 0 radical (unpaired) electrons. The Hall–Kier alpha value is -0.870. The van der Waals surface area contributed by atoms with Crippen molar-refractivity contribution in [1.29, 1.82) is 0 Å². The summed E-state index contributed by atoms with van der Waals surface area (Å²) in [5.41, 5.74) is 0.953. The number of aromatic hydroxyl groups is 1. The number of ether oxygens (including phenoxy) is 1. The topological polar surface area (TPSA) is 46.5 Å². The molecule has 0 aliphatic rings. The summed E-state index contributed by atoms with van der Waals surface area (Å²) in [7, 11) is 1.51. The van der Waals surface area contributed by atoms with Crippen LogP contribution in [0, 0.1) is 0 Å². The van der Waals surface area contributed by atoms with E-state index in [-0.39, 0.29) is 12.4 Å². The molecule has 3 nitrogen and oxygen atoms in total. The van der Waals surface area contributed by atoms with E-state index in [1.807, 2.05) is 0 Å². The Morgan fingerprint density at radius 3 is 2.85 bits per heavy atom. The number of carbonyl (C=O) groups is 1. The molecule has 0 saturated heterocycles. The van der Waals surface area contributed by atoms with Gasteiger partial charge in [0.15, 0.2) is 6.29 Å². The fraction of sp³-hybridized carbons (Fsp3) is 0.222. The van der Waals surface area contributed by atoms with E-state index in [9.17, 15) is 9.90 Å². The quantitative estimate of drug-likeness (QED) is 0.829. The van der Waals surface area contributed by atoms with Gasteiger partial charge in [0.25, 0.3) is 0 Å². The van der Waals surface area contributed by atoms with Crippen molar-refractivity contribution in [3.05, 3.63) is 27.7 Å². The van der Waals surface area contributed by atoms with Gasteiger partial charge in [-0.3, -0.25) is 4.79 Å². The lowest BCUT2D eigenvalue weighted by Gasteiger charge is -2.07. The molecule has 0 fully saturated rings. The molecule has 4 heteroatoms. The van der Waals surface area contributed by atoms with Crippen molar-refractivity contribution in [2.24, 2.45) is 0 Å². The van der Waals surface area contributed by atoms with Crippen LogP contribution in [0.2, 0.25) is 0 Å². The third-order valence-corrected chi connectivity index (χ3v) is 2.33. The molecule has 70 valence electrons. The maximum Gasteiger partial charge on any atom is 0.150 e. The standard InChI is InChI=1S/C9H9BrO3/c1-13-5-7-6(4-11)2-3-8(10)9(7)12/h2-4,12H,5H2,1H3. The number of rotatable bonds is 3. The van der Waals surface area contributed by atoms with Gasteiger partial charge in [-0.15, -0.1) is 0 Å². The van der Waals surface area contributed by atoms with Crippen molar-refractivity contribution in [3.63, 3.8) is 0 Å². The molecule has 0 aromatic heterocycles. The number of hydrogen-bond donors (Lipinski definition) is 1. The van der Waals surface area contributed by atoms with Crippen LogP contribution in [0.15, 0.2) is 16.6 Å². The van der Waals surface area contributed by atoms with Gasteiger partial charge in [0.2, 0.25) is 0 Å². The van der Waals surface area contributed by atoms with E-state index in [0.717, 1.165) is 0 Å². The first kappa shape index (κ1) is 10.2. The van der Waals surface area contributed by atoms with Crippen LogP contribution in [0.25, 0.3) is 0 Å². The lowest BCUT2D eigenvalue weighted by molar-refractivity contribution is 0.111. The van der Waals surface area contributed by atoms with E-state index in [2.05, 4.69) is 15.9 Å². The molecule has 1 aromatic rings. The lowest BCUT2D eigenvalue weighted by atomic mass is 10.1. The second kappa shape index (κ2) is 4.39. The number of phenolic OH excluding ortho intramolecular Hbond substituents is 1. The fourth-order valence-corrected chi connectivity index (χ4v) is 1.40. The van der Waals surface area contributed by atoms with Gasteiger partial charge in [0.1, 0.15) is 5.75 Å². The summed E-state index contributed by atoms with van der Waals surface area (Å²) in [6.45, 7) is 0.222. The van der Waals surface area contributed by atoms with E-state index in [0.29, 0.717) is 21.9 Å². The Morgan fingerprint density at radius 1 is 1.62 bits per heavy atom. The van der Waals surface area contributed by atoms with E-state index in [4.69, 9.17) is 4.74 Å². The Morgan fingerprint density at radius 2 is 2.31 bits per heavy atom. The summed E-state index contributed by atoms with van der Waals surface area (Å²) in [5, 5.41) is 9.55. The van der Waals surface area contributed by atoms with E-state index < -0.39 is 0 Å². The average Bonchev–Trinajstić information content (AvgIpc) is 2.14. The maximum absolute atomic E-state index is 10.6. The highest BCUT2D eigenvalue weighted by atomic mass is 79.9. The number of methoxy groups -OCH3 is 1. The van der Waals surface area contributed by atoms with Crippen molar-refractivity contribution >= 4 is 22.2 Å². The number of benzene rings is 1. The minimum absolute atomic E-state index is 0.0615. The minimum atomic E-state index is 0.0615. The first-order valence-electron chi connectivity index (χ1n) is 3.65. The van der Waals surface area contributed by atoms with E-state index in [1.165, 1.54) is 7.11 Å². The molecule has 1 N–H and O–H groups in total. The van der Waals surface area contributed by atoms with Crippen molar-refractivity contribution in [1.82, 2.24) is 0 Å². The molecule has 0 heterocycles. The molecule has 0 aliphatic heterocycles. The van der Waals surface area contributed by atoms with Gasteiger partial charge < -0.3 is 9.84 Å². The van der Waals surface area contributed by atoms with E-state index in [1.54, 1.807) is 12.1 Å². The SMILES string of the molecule is COCc1c(C=O)ccc(Br)c1O. The smallest absolute Gasteiger partial charge is 0.150 e. The molecule has 0 unspecified atom stereocenters. The van der Waals surface area contributed by atoms with Crippen LogP contribution in [0.3, 0.4) is 0 Å². The van der Waals surface area contributed by atoms with Gasteiger partial charge in [0.05, 0.1) is 11.1 Å². The lowest BCUT2D eigenvalue weighted by Crippen LogP contribution is -1.95. The normalized spacial score (nSPS) is 10.0. The molecule has 1 rings (SSSR count). The molecule has 1 aromatic carbocycles. The van der Waals surface area contributed by atoms with Gasteiger partial charge in [-0.2, -0.15) is 0 Å². The highest BCUT2D eigenvalue weighted by Crippen LogP contribution is 2.30. The molecule has 0 aliphatic carbocycles. The predicted octanol–water partition coefficient (Wildman–Crippen LogP) is 2.11. The van der Waals surface area contributed by atoms with Crippen LogP contribution in [0.5, 0.6) is 5.75 Å². The summed E-state index contributed by atoms with van der Waals surface area (Å²) in [4.78, 5) is 10.6. The second-order valence-electron chi connectivity index (χ2n) is 2.51. The monoisotopic (exact) mass is 244 g/mol. The molecule has 0 bridgehead atoms. The summed E-state index contributed by atoms with van der Waals surface area (Å²) < 4.78 is 5.43. The number of hydrogen-bond acceptors (Lipinski definition) is 3. The summed E-state index contributed by atoms with van der Waals surface area (Å²) in [6.07, 6.45) is 0.695. The molecule has 0 amide bonds. The largest absolute Gasteiger partial charge is 0.506 e. The van der Waals surface area contributed by atoms with Crippen LogP contribution in [-0.2, 0) is 11.3 Å². The Bertz CT molecular complexity index is 323. The van der Waals surface area contributed by atoms with Crippen molar-refractivity contribution in [3.8, 4) is 5.75 Å². The zero-order chi connectivity index (χ0) is 9.84. The zero-order valence-corrected chi connectivity index (χ0v) is 8.67. The summed E-state index contributed by atoms with van der Waals surface area (Å²) in [6, 6.07) is 3.25. The van der Waals surface area contributed by atoms with Crippen LogP contribution in [-0.4, -0.2) is 18.5 Å². The summed E-state index contributed by atoms with van der Waals surface area (Å²) in [5.74, 6) is 0.0615. The number of aldehydes is 1. The minimum Gasteiger partial charge on any atom is -0.506 e. The van der Waals surface area contributed by atoms with Gasteiger partial charge in [-0.05, 0) is 28.1 Å². The van der Waals surface area contributed by atoms with Gasteiger partial charge in [-0.1, -0.05) is 0 Å².